The molecular formula is C20H31IN6. The topological polar surface area (TPSA) is 48.7 Å². The second-order valence-corrected chi connectivity index (χ2v) is 6.76. The zero-order chi connectivity index (χ0) is 18.2. The largest absolute Gasteiger partial charge is 0.357 e. The molecule has 27 heavy (non-hydrogen) atoms. The molecule has 0 bridgehead atoms. The van der Waals surface area contributed by atoms with Crippen molar-refractivity contribution in [3.63, 3.8) is 0 Å². The summed E-state index contributed by atoms with van der Waals surface area (Å²) in [4.78, 5) is 9.73. The Labute approximate surface area is 179 Å². The normalized spacial score (nSPS) is 15.5. The van der Waals surface area contributed by atoms with Crippen LogP contribution in [0.5, 0.6) is 0 Å². The van der Waals surface area contributed by atoms with Gasteiger partial charge >= 0.3 is 0 Å². The second kappa shape index (κ2) is 11.3. The number of aliphatic imine (C=N–C) groups is 1. The van der Waals surface area contributed by atoms with E-state index >= 15 is 0 Å². The SMILES string of the molecule is CCNC(=NCCc1cnn(C)c1)N1CCN(Cc2ccccc2)CC1.I. The molecule has 0 unspecified atom stereocenters. The lowest BCUT2D eigenvalue weighted by molar-refractivity contribution is 0.172. The highest BCUT2D eigenvalue weighted by atomic mass is 127. The Hall–Kier alpha value is -1.61. The van der Waals surface area contributed by atoms with Crippen LogP contribution in [0.25, 0.3) is 0 Å². The van der Waals surface area contributed by atoms with E-state index in [1.807, 2.05) is 17.9 Å². The first-order chi connectivity index (χ1) is 12.7. The first-order valence-electron chi connectivity index (χ1n) is 9.51. The minimum atomic E-state index is 0. The highest BCUT2D eigenvalue weighted by molar-refractivity contribution is 14.0. The maximum Gasteiger partial charge on any atom is 0.194 e. The molecule has 1 aromatic heterocycles. The van der Waals surface area contributed by atoms with Crippen LogP contribution in [-0.4, -0.2) is 64.8 Å². The molecule has 0 atom stereocenters. The molecule has 0 saturated carbocycles. The van der Waals surface area contributed by atoms with E-state index in [-0.39, 0.29) is 24.0 Å². The van der Waals surface area contributed by atoms with E-state index in [0.29, 0.717) is 0 Å². The molecule has 148 valence electrons. The van der Waals surface area contributed by atoms with Gasteiger partial charge in [-0.05, 0) is 24.5 Å². The molecule has 0 aliphatic carbocycles. The van der Waals surface area contributed by atoms with Crippen molar-refractivity contribution >= 4 is 29.9 Å². The Morgan fingerprint density at radius 2 is 1.85 bits per heavy atom. The van der Waals surface area contributed by atoms with E-state index < -0.39 is 0 Å². The molecule has 1 aromatic carbocycles. The molecule has 7 heteroatoms. The number of aromatic nitrogens is 2. The number of hydrogen-bond acceptors (Lipinski definition) is 3. The van der Waals surface area contributed by atoms with E-state index in [1.54, 1.807) is 0 Å². The molecule has 3 rings (SSSR count). The minimum absolute atomic E-state index is 0. The molecule has 1 saturated heterocycles. The Bertz CT molecular complexity index is 692. The van der Waals surface area contributed by atoms with Crippen molar-refractivity contribution in [1.82, 2.24) is 24.9 Å². The van der Waals surface area contributed by atoms with Crippen LogP contribution in [0.3, 0.4) is 0 Å². The van der Waals surface area contributed by atoms with Gasteiger partial charge in [-0.3, -0.25) is 14.6 Å². The van der Waals surface area contributed by atoms with Crippen LogP contribution in [0.2, 0.25) is 0 Å². The third-order valence-corrected chi connectivity index (χ3v) is 4.68. The van der Waals surface area contributed by atoms with Gasteiger partial charge < -0.3 is 10.2 Å². The quantitative estimate of drug-likeness (QED) is 0.390. The summed E-state index contributed by atoms with van der Waals surface area (Å²) >= 11 is 0. The number of nitrogens with one attached hydrogen (secondary N) is 1. The van der Waals surface area contributed by atoms with Crippen molar-refractivity contribution in [3.05, 3.63) is 53.9 Å². The third-order valence-electron chi connectivity index (χ3n) is 4.68. The molecule has 1 aliphatic rings. The van der Waals surface area contributed by atoms with Crippen molar-refractivity contribution in [1.29, 1.82) is 0 Å². The molecular weight excluding hydrogens is 451 g/mol. The van der Waals surface area contributed by atoms with Crippen molar-refractivity contribution in [3.8, 4) is 0 Å². The summed E-state index contributed by atoms with van der Waals surface area (Å²) in [5.41, 5.74) is 2.62. The Morgan fingerprint density at radius 3 is 2.48 bits per heavy atom. The molecule has 1 fully saturated rings. The Morgan fingerprint density at radius 1 is 1.11 bits per heavy atom. The van der Waals surface area contributed by atoms with Crippen LogP contribution < -0.4 is 5.32 Å². The number of aryl methyl sites for hydroxylation is 1. The van der Waals surface area contributed by atoms with Gasteiger partial charge in [0, 0.05) is 59.1 Å². The average molecular weight is 482 g/mol. The van der Waals surface area contributed by atoms with E-state index in [4.69, 9.17) is 4.99 Å². The van der Waals surface area contributed by atoms with Crippen LogP contribution in [-0.2, 0) is 20.0 Å². The van der Waals surface area contributed by atoms with Crippen LogP contribution in [0.15, 0.2) is 47.7 Å². The van der Waals surface area contributed by atoms with Crippen LogP contribution in [0.4, 0.5) is 0 Å². The predicted molar refractivity (Wildman–Crippen MR) is 122 cm³/mol. The van der Waals surface area contributed by atoms with E-state index in [0.717, 1.165) is 58.2 Å². The molecule has 0 radical (unpaired) electrons. The van der Waals surface area contributed by atoms with E-state index in [9.17, 15) is 0 Å². The fourth-order valence-electron chi connectivity index (χ4n) is 3.28. The number of nitrogens with zero attached hydrogens (tertiary/aromatic N) is 5. The minimum Gasteiger partial charge on any atom is -0.357 e. The number of benzene rings is 1. The summed E-state index contributed by atoms with van der Waals surface area (Å²) in [7, 11) is 1.95. The van der Waals surface area contributed by atoms with Crippen molar-refractivity contribution in [2.75, 3.05) is 39.3 Å². The molecule has 0 amide bonds. The summed E-state index contributed by atoms with van der Waals surface area (Å²) in [6.45, 7) is 9.03. The Kier molecular flexibility index (Phi) is 9.06. The maximum absolute atomic E-state index is 4.83. The zero-order valence-corrected chi connectivity index (χ0v) is 18.7. The highest BCUT2D eigenvalue weighted by Crippen LogP contribution is 2.09. The average Bonchev–Trinajstić information content (AvgIpc) is 3.08. The summed E-state index contributed by atoms with van der Waals surface area (Å²) in [5.74, 6) is 1.04. The van der Waals surface area contributed by atoms with Crippen LogP contribution in [0, 0.1) is 0 Å². The molecule has 0 spiro atoms. The first kappa shape index (κ1) is 21.7. The molecule has 1 aliphatic heterocycles. The summed E-state index contributed by atoms with van der Waals surface area (Å²) < 4.78 is 1.84. The molecule has 2 heterocycles. The monoisotopic (exact) mass is 482 g/mol. The van der Waals surface area contributed by atoms with Crippen molar-refractivity contribution in [2.45, 2.75) is 19.9 Å². The number of piperazine rings is 1. The number of guanidine groups is 1. The van der Waals surface area contributed by atoms with Gasteiger partial charge in [-0.25, -0.2) is 0 Å². The van der Waals surface area contributed by atoms with Crippen molar-refractivity contribution in [2.24, 2.45) is 12.0 Å². The summed E-state index contributed by atoms with van der Waals surface area (Å²) in [6, 6.07) is 10.7. The second-order valence-electron chi connectivity index (χ2n) is 6.76. The van der Waals surface area contributed by atoms with Gasteiger partial charge in [0.15, 0.2) is 5.96 Å². The van der Waals surface area contributed by atoms with E-state index in [2.05, 4.69) is 63.7 Å². The summed E-state index contributed by atoms with van der Waals surface area (Å²) in [6.07, 6.45) is 4.91. The number of hydrogen-bond donors (Lipinski definition) is 1. The fraction of sp³-hybridized carbons (Fsp3) is 0.500. The lowest BCUT2D eigenvalue weighted by atomic mass is 10.2. The fourth-order valence-corrected chi connectivity index (χ4v) is 3.28. The van der Waals surface area contributed by atoms with Gasteiger partial charge in [0.05, 0.1) is 6.20 Å². The molecule has 1 N–H and O–H groups in total. The lowest BCUT2D eigenvalue weighted by Crippen LogP contribution is -2.52. The Balaban J connectivity index is 0.00000261. The van der Waals surface area contributed by atoms with Gasteiger partial charge in [0.1, 0.15) is 0 Å². The van der Waals surface area contributed by atoms with Crippen LogP contribution in [0.1, 0.15) is 18.1 Å². The van der Waals surface area contributed by atoms with E-state index in [1.165, 1.54) is 11.1 Å². The molecule has 2 aromatic rings. The molecule has 6 nitrogen and oxygen atoms in total. The van der Waals surface area contributed by atoms with Gasteiger partial charge in [-0.2, -0.15) is 5.10 Å². The van der Waals surface area contributed by atoms with Crippen molar-refractivity contribution < 1.29 is 0 Å². The van der Waals surface area contributed by atoms with Crippen LogP contribution >= 0.6 is 24.0 Å². The number of halogens is 1. The number of rotatable bonds is 6. The zero-order valence-electron chi connectivity index (χ0n) is 16.3. The lowest BCUT2D eigenvalue weighted by Gasteiger charge is -2.36. The highest BCUT2D eigenvalue weighted by Gasteiger charge is 2.19. The third kappa shape index (κ3) is 6.80. The standard InChI is InChI=1S/C20H30N6.HI/c1-3-21-20(22-10-9-19-15-23-24(2)16-19)26-13-11-25(12-14-26)17-18-7-5-4-6-8-18;/h4-8,15-16H,3,9-14,17H2,1-2H3,(H,21,22);1H. The maximum atomic E-state index is 4.83. The van der Waals surface area contributed by atoms with Gasteiger partial charge in [0.25, 0.3) is 0 Å². The first-order valence-corrected chi connectivity index (χ1v) is 9.51. The smallest absolute Gasteiger partial charge is 0.194 e. The van der Waals surface area contributed by atoms with Gasteiger partial charge in [-0.1, -0.05) is 30.3 Å². The summed E-state index contributed by atoms with van der Waals surface area (Å²) in [5, 5.41) is 7.66. The van der Waals surface area contributed by atoms with Gasteiger partial charge in [0.2, 0.25) is 0 Å². The predicted octanol–water partition coefficient (Wildman–Crippen LogP) is 2.36. The van der Waals surface area contributed by atoms with Gasteiger partial charge in [-0.15, -0.1) is 24.0 Å².